The Morgan fingerprint density at radius 2 is 1.79 bits per heavy atom. The average molecular weight is 501 g/mol. The van der Waals surface area contributed by atoms with Crippen LogP contribution in [0, 0.1) is 6.92 Å². The van der Waals surface area contributed by atoms with E-state index in [0.29, 0.717) is 33.3 Å². The number of nitrogens with zero attached hydrogens (tertiary/aromatic N) is 1. The van der Waals surface area contributed by atoms with Gasteiger partial charge in [-0.05, 0) is 49.2 Å². The monoisotopic (exact) mass is 500 g/mol. The highest BCUT2D eigenvalue weighted by Gasteiger charge is 2.37. The summed E-state index contributed by atoms with van der Waals surface area (Å²) in [6.45, 7) is 2.20. The fourth-order valence-corrected chi connectivity index (χ4v) is 4.04. The first-order valence-electron chi connectivity index (χ1n) is 10.1. The molecule has 1 atom stereocenters. The molecule has 1 aliphatic heterocycles. The molecule has 0 saturated carbocycles. The maximum Gasteiger partial charge on any atom is 0.405 e. The van der Waals surface area contributed by atoms with Crippen molar-refractivity contribution in [3.63, 3.8) is 0 Å². The molecule has 0 spiro atoms. The second-order valence-electron chi connectivity index (χ2n) is 8.04. The van der Waals surface area contributed by atoms with Gasteiger partial charge in [-0.3, -0.25) is 9.59 Å². The highest BCUT2D eigenvalue weighted by molar-refractivity contribution is 6.34. The molecule has 1 heterocycles. The van der Waals surface area contributed by atoms with Crippen molar-refractivity contribution in [1.29, 1.82) is 0 Å². The first-order valence-corrected chi connectivity index (χ1v) is 10.8. The number of oxime groups is 1. The number of rotatable bonds is 7. The lowest BCUT2D eigenvalue weighted by Crippen LogP contribution is -2.33. The smallest absolute Gasteiger partial charge is 0.384 e. The van der Waals surface area contributed by atoms with Crippen LogP contribution >= 0.6 is 23.2 Å². The summed E-state index contributed by atoms with van der Waals surface area (Å²) in [7, 11) is 0. The minimum atomic E-state index is -4.49. The SMILES string of the molecule is Cc1cc(C2=NOC(C)(c3cc(Cl)cc(Cl)c3)C2)ccc1C(=O)CCC(=O)NCC(F)(F)F. The zero-order valence-corrected chi connectivity index (χ0v) is 19.4. The van der Waals surface area contributed by atoms with Crippen LogP contribution in [0.1, 0.15) is 53.2 Å². The van der Waals surface area contributed by atoms with Gasteiger partial charge in [0.2, 0.25) is 5.91 Å². The quantitative estimate of drug-likeness (QED) is 0.475. The lowest BCUT2D eigenvalue weighted by molar-refractivity contribution is -0.138. The van der Waals surface area contributed by atoms with Gasteiger partial charge in [-0.25, -0.2) is 0 Å². The second-order valence-corrected chi connectivity index (χ2v) is 8.91. The first-order chi connectivity index (χ1) is 15.4. The number of ketones is 1. The number of halogens is 5. The minimum Gasteiger partial charge on any atom is -0.384 e. The number of hydrogen-bond donors (Lipinski definition) is 1. The zero-order valence-electron chi connectivity index (χ0n) is 17.9. The summed E-state index contributed by atoms with van der Waals surface area (Å²) in [5.74, 6) is -1.16. The Morgan fingerprint density at radius 1 is 1.12 bits per heavy atom. The minimum absolute atomic E-state index is 0.193. The highest BCUT2D eigenvalue weighted by Crippen LogP contribution is 2.38. The van der Waals surface area contributed by atoms with E-state index in [1.165, 1.54) is 0 Å². The maximum absolute atomic E-state index is 12.5. The molecule has 0 saturated heterocycles. The summed E-state index contributed by atoms with van der Waals surface area (Å²) in [6.07, 6.45) is -4.55. The molecule has 0 fully saturated rings. The summed E-state index contributed by atoms with van der Waals surface area (Å²) in [5, 5.41) is 6.94. The Kier molecular flexibility index (Phi) is 7.39. The van der Waals surface area contributed by atoms with E-state index in [1.807, 2.05) is 6.92 Å². The molecule has 1 amide bonds. The number of hydrogen-bond acceptors (Lipinski definition) is 4. The van der Waals surface area contributed by atoms with E-state index >= 15 is 0 Å². The number of amides is 1. The van der Waals surface area contributed by atoms with Crippen LogP contribution in [0.3, 0.4) is 0 Å². The lowest BCUT2D eigenvalue weighted by atomic mass is 9.88. The molecule has 176 valence electrons. The summed E-state index contributed by atoms with van der Waals surface area (Å²) in [6, 6.07) is 10.3. The molecule has 1 unspecified atom stereocenters. The molecule has 1 N–H and O–H groups in total. The third kappa shape index (κ3) is 6.48. The van der Waals surface area contributed by atoms with E-state index < -0.39 is 24.2 Å². The zero-order chi connectivity index (χ0) is 24.4. The van der Waals surface area contributed by atoms with Gasteiger partial charge in [0.25, 0.3) is 0 Å². The van der Waals surface area contributed by atoms with E-state index in [1.54, 1.807) is 48.6 Å². The van der Waals surface area contributed by atoms with E-state index in [9.17, 15) is 22.8 Å². The Bertz CT molecular complexity index is 1100. The largest absolute Gasteiger partial charge is 0.405 e. The summed E-state index contributed by atoms with van der Waals surface area (Å²) < 4.78 is 36.5. The number of nitrogens with one attached hydrogen (secondary N) is 1. The van der Waals surface area contributed by atoms with Crippen LogP contribution in [-0.2, 0) is 15.2 Å². The number of Topliss-reactive ketones (excluding diaryl/α,β-unsaturated/α-hetero) is 1. The third-order valence-corrected chi connectivity index (χ3v) is 5.70. The van der Waals surface area contributed by atoms with Crippen LogP contribution in [-0.4, -0.2) is 30.1 Å². The number of carbonyl (C=O) groups is 2. The highest BCUT2D eigenvalue weighted by atomic mass is 35.5. The number of alkyl halides is 3. The number of carbonyl (C=O) groups excluding carboxylic acids is 2. The molecule has 33 heavy (non-hydrogen) atoms. The molecule has 0 aromatic heterocycles. The Hall–Kier alpha value is -2.58. The van der Waals surface area contributed by atoms with E-state index in [2.05, 4.69) is 5.16 Å². The summed E-state index contributed by atoms with van der Waals surface area (Å²) in [5.41, 5.74) is 2.54. The van der Waals surface area contributed by atoms with Gasteiger partial charge in [0.1, 0.15) is 6.54 Å². The predicted octanol–water partition coefficient (Wildman–Crippen LogP) is 5.98. The van der Waals surface area contributed by atoms with Gasteiger partial charge in [-0.15, -0.1) is 0 Å². The molecule has 2 aromatic carbocycles. The van der Waals surface area contributed by atoms with Crippen LogP contribution in [0.5, 0.6) is 0 Å². The molecule has 0 aliphatic carbocycles. The van der Waals surface area contributed by atoms with Crippen molar-refractivity contribution in [3.05, 3.63) is 68.7 Å². The van der Waals surface area contributed by atoms with Gasteiger partial charge in [-0.2, -0.15) is 13.2 Å². The molecule has 5 nitrogen and oxygen atoms in total. The second kappa shape index (κ2) is 9.73. The average Bonchev–Trinajstić information content (AvgIpc) is 3.13. The van der Waals surface area contributed by atoms with Crippen molar-refractivity contribution in [2.24, 2.45) is 5.16 Å². The molecule has 2 aromatic rings. The molecular formula is C23H21Cl2F3N2O3. The van der Waals surface area contributed by atoms with Crippen molar-refractivity contribution in [2.75, 3.05) is 6.54 Å². The fourth-order valence-electron chi connectivity index (χ4n) is 3.51. The predicted molar refractivity (Wildman–Crippen MR) is 120 cm³/mol. The standard InChI is InChI=1S/C23H21Cl2F3N2O3/c1-13-7-14(3-4-18(13)20(31)5-6-21(32)29-12-23(26,27)28)19-11-22(2,33-30-19)15-8-16(24)10-17(25)9-15/h3-4,7-10H,5-6,11-12H2,1-2H3,(H,29,32). The van der Waals surface area contributed by atoms with Crippen molar-refractivity contribution < 1.29 is 27.6 Å². The summed E-state index contributed by atoms with van der Waals surface area (Å²) in [4.78, 5) is 29.7. The van der Waals surface area contributed by atoms with Crippen LogP contribution < -0.4 is 5.32 Å². The van der Waals surface area contributed by atoms with Gasteiger partial charge in [0.05, 0.1) is 5.71 Å². The van der Waals surface area contributed by atoms with Crippen molar-refractivity contribution in [1.82, 2.24) is 5.32 Å². The van der Waals surface area contributed by atoms with E-state index in [-0.39, 0.29) is 18.6 Å². The lowest BCUT2D eigenvalue weighted by Gasteiger charge is -2.22. The Balaban J connectivity index is 1.65. The van der Waals surface area contributed by atoms with Gasteiger partial charge in [-0.1, -0.05) is 40.5 Å². The van der Waals surface area contributed by atoms with Crippen LogP contribution in [0.25, 0.3) is 0 Å². The van der Waals surface area contributed by atoms with Crippen LogP contribution in [0.15, 0.2) is 41.6 Å². The van der Waals surface area contributed by atoms with Gasteiger partial charge in [0, 0.05) is 40.4 Å². The molecule has 0 radical (unpaired) electrons. The van der Waals surface area contributed by atoms with Gasteiger partial charge < -0.3 is 10.2 Å². The molecule has 1 aliphatic rings. The molecule has 0 bridgehead atoms. The number of benzene rings is 2. The normalized spacial score (nSPS) is 18.0. The summed E-state index contributed by atoms with van der Waals surface area (Å²) >= 11 is 12.2. The molecular weight excluding hydrogens is 480 g/mol. The van der Waals surface area contributed by atoms with Gasteiger partial charge >= 0.3 is 6.18 Å². The molecule has 3 rings (SSSR count). The molecule has 10 heteroatoms. The Morgan fingerprint density at radius 3 is 2.39 bits per heavy atom. The van der Waals surface area contributed by atoms with E-state index in [4.69, 9.17) is 28.0 Å². The topological polar surface area (TPSA) is 67.8 Å². The third-order valence-electron chi connectivity index (χ3n) is 5.26. The van der Waals surface area contributed by atoms with Crippen molar-refractivity contribution in [3.8, 4) is 0 Å². The van der Waals surface area contributed by atoms with Crippen LogP contribution in [0.2, 0.25) is 10.0 Å². The Labute approximate surface area is 198 Å². The van der Waals surface area contributed by atoms with E-state index in [0.717, 1.165) is 11.1 Å². The van der Waals surface area contributed by atoms with Crippen molar-refractivity contribution >= 4 is 40.6 Å². The van der Waals surface area contributed by atoms with Gasteiger partial charge in [0.15, 0.2) is 11.4 Å². The first kappa shape index (κ1) is 25.1. The van der Waals surface area contributed by atoms with Crippen molar-refractivity contribution in [2.45, 2.75) is 44.9 Å². The fraction of sp³-hybridized carbons (Fsp3) is 0.348. The van der Waals surface area contributed by atoms with Crippen LogP contribution in [0.4, 0.5) is 13.2 Å². The number of aryl methyl sites for hydroxylation is 1. The maximum atomic E-state index is 12.5.